The number of hydrogen-bond donors (Lipinski definition) is 2. The van der Waals surface area contributed by atoms with E-state index in [1.807, 2.05) is 42.6 Å². The molecule has 0 aliphatic heterocycles. The Morgan fingerprint density at radius 3 is 2.83 bits per heavy atom. The van der Waals surface area contributed by atoms with Crippen molar-refractivity contribution < 1.29 is 0 Å². The Morgan fingerprint density at radius 2 is 2.00 bits per heavy atom. The summed E-state index contributed by atoms with van der Waals surface area (Å²) in [7, 11) is 0. The van der Waals surface area contributed by atoms with Gasteiger partial charge in [0, 0.05) is 6.20 Å². The summed E-state index contributed by atoms with van der Waals surface area (Å²) in [6.07, 6.45) is 5.20. The van der Waals surface area contributed by atoms with Gasteiger partial charge < -0.3 is 4.98 Å². The van der Waals surface area contributed by atoms with Crippen LogP contribution in [0.3, 0.4) is 0 Å². The number of rotatable bonds is 3. The average molecular weight is 237 g/mol. The predicted octanol–water partition coefficient (Wildman–Crippen LogP) is 2.40. The molecule has 0 bridgehead atoms. The molecule has 0 aliphatic carbocycles. The van der Waals surface area contributed by atoms with Crippen molar-refractivity contribution in [1.29, 1.82) is 0 Å². The Kier molecular flexibility index (Phi) is 2.71. The molecule has 0 amide bonds. The normalized spacial score (nSPS) is 11.1. The first-order valence-corrected chi connectivity index (χ1v) is 5.56. The Morgan fingerprint density at radius 1 is 1.11 bits per heavy atom. The summed E-state index contributed by atoms with van der Waals surface area (Å²) in [6, 6.07) is 11.6. The molecule has 2 N–H and O–H groups in total. The maximum absolute atomic E-state index is 4.40. The van der Waals surface area contributed by atoms with E-state index in [2.05, 4.69) is 25.5 Å². The Balaban J connectivity index is 1.78. The second-order valence-corrected chi connectivity index (χ2v) is 3.74. The molecule has 0 aliphatic rings. The Labute approximate surface area is 104 Å². The molecule has 0 spiro atoms. The lowest BCUT2D eigenvalue weighted by atomic mass is 10.3. The van der Waals surface area contributed by atoms with Crippen LogP contribution in [0, 0.1) is 0 Å². The Bertz CT molecular complexity index is 673. The van der Waals surface area contributed by atoms with Gasteiger partial charge in [-0.15, -0.1) is 0 Å². The molecule has 3 aromatic rings. The second kappa shape index (κ2) is 4.67. The minimum Gasteiger partial charge on any atom is -0.360 e. The van der Waals surface area contributed by atoms with E-state index in [9.17, 15) is 0 Å². The van der Waals surface area contributed by atoms with Gasteiger partial charge in [-0.25, -0.2) is 4.98 Å². The first kappa shape index (κ1) is 10.5. The van der Waals surface area contributed by atoms with Crippen LogP contribution in [-0.2, 0) is 0 Å². The highest BCUT2D eigenvalue weighted by Crippen LogP contribution is 2.10. The van der Waals surface area contributed by atoms with Crippen molar-refractivity contribution in [3.63, 3.8) is 0 Å². The molecule has 3 rings (SSSR count). The topological polar surface area (TPSA) is 66.0 Å². The van der Waals surface area contributed by atoms with Crippen molar-refractivity contribution >= 4 is 23.1 Å². The van der Waals surface area contributed by atoms with Gasteiger partial charge in [-0.05, 0) is 24.3 Å². The van der Waals surface area contributed by atoms with Crippen LogP contribution in [0.2, 0.25) is 0 Å². The third-order valence-electron chi connectivity index (χ3n) is 2.45. The largest absolute Gasteiger partial charge is 0.360 e. The monoisotopic (exact) mass is 237 g/mol. The van der Waals surface area contributed by atoms with E-state index in [0.29, 0.717) is 5.82 Å². The van der Waals surface area contributed by atoms with Gasteiger partial charge in [0.1, 0.15) is 0 Å². The van der Waals surface area contributed by atoms with Crippen LogP contribution in [0.5, 0.6) is 0 Å². The lowest BCUT2D eigenvalue weighted by molar-refractivity contribution is 1.21. The molecule has 0 fully saturated rings. The number of benzene rings is 1. The van der Waals surface area contributed by atoms with Crippen LogP contribution in [0.15, 0.2) is 53.9 Å². The number of aromatic amines is 1. The van der Waals surface area contributed by atoms with Gasteiger partial charge in [-0.2, -0.15) is 5.10 Å². The van der Waals surface area contributed by atoms with Gasteiger partial charge >= 0.3 is 0 Å². The zero-order chi connectivity index (χ0) is 12.2. The van der Waals surface area contributed by atoms with Gasteiger partial charge in [-0.3, -0.25) is 10.4 Å². The lowest BCUT2D eigenvalue weighted by Crippen LogP contribution is -1.95. The van der Waals surface area contributed by atoms with E-state index in [0.717, 1.165) is 16.7 Å². The van der Waals surface area contributed by atoms with Crippen LogP contribution in [-0.4, -0.2) is 21.2 Å². The maximum atomic E-state index is 4.40. The highest BCUT2D eigenvalue weighted by atomic mass is 15.3. The number of hydrogen-bond acceptors (Lipinski definition) is 4. The maximum Gasteiger partial charge on any atom is 0.165 e. The molecule has 88 valence electrons. The summed E-state index contributed by atoms with van der Waals surface area (Å²) in [5.41, 5.74) is 5.49. The van der Waals surface area contributed by atoms with E-state index < -0.39 is 0 Å². The zero-order valence-corrected chi connectivity index (χ0v) is 9.54. The fraction of sp³-hybridized carbons (Fsp3) is 0. The zero-order valence-electron chi connectivity index (χ0n) is 9.54. The number of nitrogens with zero attached hydrogens (tertiary/aromatic N) is 3. The number of anilines is 1. The molecule has 0 unspecified atom stereocenters. The highest BCUT2D eigenvalue weighted by Gasteiger charge is 1.96. The molecule has 5 heteroatoms. The van der Waals surface area contributed by atoms with Crippen molar-refractivity contribution in [3.8, 4) is 0 Å². The number of hydrazone groups is 1. The fourth-order valence-electron chi connectivity index (χ4n) is 1.60. The number of aromatic nitrogens is 3. The number of fused-ring (bicyclic) bond motifs is 1. The van der Waals surface area contributed by atoms with Crippen molar-refractivity contribution in [2.75, 3.05) is 5.43 Å². The van der Waals surface area contributed by atoms with Crippen LogP contribution < -0.4 is 5.43 Å². The van der Waals surface area contributed by atoms with Crippen molar-refractivity contribution in [1.82, 2.24) is 15.0 Å². The molecule has 5 nitrogen and oxygen atoms in total. The van der Waals surface area contributed by atoms with Gasteiger partial charge in [0.05, 0.1) is 29.1 Å². The number of H-pyrrole nitrogens is 1. The van der Waals surface area contributed by atoms with Crippen molar-refractivity contribution in [2.45, 2.75) is 0 Å². The molecular weight excluding hydrogens is 226 g/mol. The standard InChI is InChI=1S/C13H11N5/c1-2-6-12-11(5-1)15-9-13(17-12)18-16-8-10-4-3-7-14-10/h1-9,14H,(H,17,18)/b16-8+. The molecule has 1 aromatic carbocycles. The number of para-hydroxylation sites is 2. The smallest absolute Gasteiger partial charge is 0.165 e. The molecule has 0 saturated heterocycles. The van der Waals surface area contributed by atoms with Gasteiger partial charge in [0.2, 0.25) is 0 Å². The van der Waals surface area contributed by atoms with E-state index in [1.54, 1.807) is 12.4 Å². The third kappa shape index (κ3) is 2.20. The minimum absolute atomic E-state index is 0.622. The number of nitrogens with one attached hydrogen (secondary N) is 2. The highest BCUT2D eigenvalue weighted by molar-refractivity contribution is 5.78. The van der Waals surface area contributed by atoms with Crippen molar-refractivity contribution in [3.05, 3.63) is 54.5 Å². The molecule has 2 aromatic heterocycles. The summed E-state index contributed by atoms with van der Waals surface area (Å²) >= 11 is 0. The summed E-state index contributed by atoms with van der Waals surface area (Å²) < 4.78 is 0. The minimum atomic E-state index is 0.622. The van der Waals surface area contributed by atoms with E-state index >= 15 is 0 Å². The molecule has 0 atom stereocenters. The summed E-state index contributed by atoms with van der Waals surface area (Å²) in [5, 5.41) is 4.08. The van der Waals surface area contributed by atoms with E-state index in [1.165, 1.54) is 0 Å². The molecule has 0 saturated carbocycles. The predicted molar refractivity (Wildman–Crippen MR) is 71.5 cm³/mol. The SMILES string of the molecule is C(=N\Nc1cnc2ccccc2n1)/c1ccc[nH]1. The molecular formula is C13H11N5. The first-order valence-electron chi connectivity index (χ1n) is 5.56. The van der Waals surface area contributed by atoms with Crippen LogP contribution in [0.25, 0.3) is 11.0 Å². The fourth-order valence-corrected chi connectivity index (χ4v) is 1.60. The molecule has 18 heavy (non-hydrogen) atoms. The van der Waals surface area contributed by atoms with Gasteiger partial charge in [0.15, 0.2) is 5.82 Å². The lowest BCUT2D eigenvalue weighted by Gasteiger charge is -2.00. The van der Waals surface area contributed by atoms with E-state index in [4.69, 9.17) is 0 Å². The summed E-state index contributed by atoms with van der Waals surface area (Å²) in [6.45, 7) is 0. The van der Waals surface area contributed by atoms with Crippen LogP contribution in [0.4, 0.5) is 5.82 Å². The Hall–Kier alpha value is -2.69. The summed E-state index contributed by atoms with van der Waals surface area (Å²) in [5.74, 6) is 0.622. The third-order valence-corrected chi connectivity index (χ3v) is 2.45. The van der Waals surface area contributed by atoms with Crippen molar-refractivity contribution in [2.24, 2.45) is 5.10 Å². The van der Waals surface area contributed by atoms with Crippen LogP contribution in [0.1, 0.15) is 5.69 Å². The molecule has 0 radical (unpaired) electrons. The first-order chi connectivity index (χ1) is 8.92. The second-order valence-electron chi connectivity index (χ2n) is 3.74. The molecule has 2 heterocycles. The average Bonchev–Trinajstić information content (AvgIpc) is 2.92. The quantitative estimate of drug-likeness (QED) is 0.543. The van der Waals surface area contributed by atoms with Crippen LogP contribution >= 0.6 is 0 Å². The van der Waals surface area contributed by atoms with E-state index in [-0.39, 0.29) is 0 Å². The van der Waals surface area contributed by atoms with Gasteiger partial charge in [-0.1, -0.05) is 12.1 Å². The summed E-state index contributed by atoms with van der Waals surface area (Å²) in [4.78, 5) is 11.7. The van der Waals surface area contributed by atoms with Gasteiger partial charge in [0.25, 0.3) is 0 Å².